The van der Waals surface area contributed by atoms with Crippen molar-refractivity contribution in [2.45, 2.75) is 44.4 Å². The van der Waals surface area contributed by atoms with Gasteiger partial charge in [0.05, 0.1) is 17.9 Å². The number of nitriles is 1. The zero-order valence-electron chi connectivity index (χ0n) is 18.1. The highest BCUT2D eigenvalue weighted by Crippen LogP contribution is 2.35. The number of allylic oxidation sites excluding steroid dienone is 1. The Bertz CT molecular complexity index is 1300. The van der Waals surface area contributed by atoms with Crippen LogP contribution in [0.3, 0.4) is 0 Å². The molecule has 0 amide bonds. The van der Waals surface area contributed by atoms with Crippen molar-refractivity contribution in [1.82, 2.24) is 14.9 Å². The highest BCUT2D eigenvalue weighted by molar-refractivity contribution is 9.10. The van der Waals surface area contributed by atoms with Crippen molar-refractivity contribution in [2.24, 2.45) is 0 Å². The third kappa shape index (κ3) is 4.97. The van der Waals surface area contributed by atoms with Crippen LogP contribution in [0.1, 0.15) is 34.4 Å². The fraction of sp³-hybridized carbons (Fsp3) is 0.375. The van der Waals surface area contributed by atoms with E-state index < -0.39 is 12.6 Å². The molecule has 5 nitrogen and oxygen atoms in total. The minimum absolute atomic E-state index is 0.199. The van der Waals surface area contributed by atoms with Crippen LogP contribution < -0.4 is 5.32 Å². The predicted molar refractivity (Wildman–Crippen MR) is 131 cm³/mol. The van der Waals surface area contributed by atoms with E-state index in [2.05, 4.69) is 54.3 Å². The number of alkyl halides is 3. The van der Waals surface area contributed by atoms with Gasteiger partial charge in [0.15, 0.2) is 0 Å². The van der Waals surface area contributed by atoms with Gasteiger partial charge in [-0.15, -0.1) is 11.3 Å². The van der Waals surface area contributed by atoms with Crippen molar-refractivity contribution in [3.05, 3.63) is 56.1 Å². The zero-order chi connectivity index (χ0) is 23.9. The number of hydrogen-bond acceptors (Lipinski definition) is 6. The number of nitrogens with one attached hydrogen (secondary N) is 1. The largest absolute Gasteiger partial charge is 0.393 e. The van der Waals surface area contributed by atoms with E-state index in [1.165, 1.54) is 17.5 Å². The first kappa shape index (κ1) is 23.3. The lowest BCUT2D eigenvalue weighted by atomic mass is 10.0. The molecule has 0 atom stereocenters. The van der Waals surface area contributed by atoms with Gasteiger partial charge in [0.25, 0.3) is 0 Å². The molecule has 1 aromatic carbocycles. The van der Waals surface area contributed by atoms with Gasteiger partial charge in [-0.25, -0.2) is 9.97 Å². The van der Waals surface area contributed by atoms with Crippen molar-refractivity contribution < 1.29 is 13.2 Å². The number of fused-ring (bicyclic) bond motifs is 2. The molecule has 34 heavy (non-hydrogen) atoms. The van der Waals surface area contributed by atoms with Gasteiger partial charge in [-0.1, -0.05) is 12.1 Å². The van der Waals surface area contributed by atoms with E-state index in [0.29, 0.717) is 22.5 Å². The number of thiophene rings is 1. The van der Waals surface area contributed by atoms with Gasteiger partial charge in [-0.2, -0.15) is 18.4 Å². The summed E-state index contributed by atoms with van der Waals surface area (Å²) >= 11 is 4.81. The van der Waals surface area contributed by atoms with Gasteiger partial charge in [0.2, 0.25) is 0 Å². The number of benzene rings is 1. The molecule has 3 aromatic rings. The molecule has 0 radical (unpaired) electrons. The molecule has 1 aliphatic carbocycles. The van der Waals surface area contributed by atoms with Crippen LogP contribution in [-0.4, -0.2) is 40.2 Å². The highest BCUT2D eigenvalue weighted by Gasteiger charge is 2.29. The van der Waals surface area contributed by atoms with Gasteiger partial charge < -0.3 is 5.32 Å². The topological polar surface area (TPSA) is 64.8 Å². The standard InChI is InChI=1S/C24H21BrF3N5S/c25-21-16(2-1-15-7-14(11-29)8-19(15)21)12-33-5-3-17(4-6-33)32-22-20-9-18(10-24(26,27)28)34-23(20)31-13-30-22/h1-2,8-9,13,17H,3-7,10,12H2,(H,30,31,32). The molecule has 0 spiro atoms. The van der Waals surface area contributed by atoms with Crippen LogP contribution in [0.4, 0.5) is 19.0 Å². The lowest BCUT2D eigenvalue weighted by Crippen LogP contribution is -2.38. The van der Waals surface area contributed by atoms with E-state index >= 15 is 0 Å². The second-order valence-electron chi connectivity index (χ2n) is 8.71. The van der Waals surface area contributed by atoms with Crippen LogP contribution in [0, 0.1) is 11.3 Å². The maximum absolute atomic E-state index is 12.8. The Morgan fingerprint density at radius 2 is 2.03 bits per heavy atom. The Hall–Kier alpha value is -2.48. The Morgan fingerprint density at radius 1 is 1.24 bits per heavy atom. The van der Waals surface area contributed by atoms with Crippen LogP contribution in [0.25, 0.3) is 16.3 Å². The monoisotopic (exact) mass is 547 g/mol. The molecular weight excluding hydrogens is 527 g/mol. The number of anilines is 1. The van der Waals surface area contributed by atoms with Crippen molar-refractivity contribution in [3.8, 4) is 6.07 Å². The summed E-state index contributed by atoms with van der Waals surface area (Å²) in [6, 6.07) is 8.25. The summed E-state index contributed by atoms with van der Waals surface area (Å²) < 4.78 is 39.4. The van der Waals surface area contributed by atoms with E-state index in [-0.39, 0.29) is 10.9 Å². The third-order valence-corrected chi connectivity index (χ3v) is 8.25. The number of halogens is 4. The summed E-state index contributed by atoms with van der Waals surface area (Å²) in [6.07, 6.45) is 0.698. The molecule has 1 aliphatic heterocycles. The summed E-state index contributed by atoms with van der Waals surface area (Å²) in [7, 11) is 0. The number of aromatic nitrogens is 2. The van der Waals surface area contributed by atoms with E-state index in [4.69, 9.17) is 0 Å². The van der Waals surface area contributed by atoms with Gasteiger partial charge in [-0.05, 0) is 57.6 Å². The first-order chi connectivity index (χ1) is 16.3. The number of piperidine rings is 1. The molecule has 2 aliphatic rings. The van der Waals surface area contributed by atoms with Crippen molar-refractivity contribution in [3.63, 3.8) is 0 Å². The maximum Gasteiger partial charge on any atom is 0.393 e. The van der Waals surface area contributed by atoms with Crippen LogP contribution in [0.2, 0.25) is 0 Å². The Kier molecular flexibility index (Phi) is 6.35. The summed E-state index contributed by atoms with van der Waals surface area (Å²) in [5.74, 6) is 0.606. The van der Waals surface area contributed by atoms with E-state index in [1.54, 1.807) is 6.07 Å². The molecule has 0 bridgehead atoms. The lowest BCUT2D eigenvalue weighted by molar-refractivity contribution is -0.126. The number of nitrogens with zero attached hydrogens (tertiary/aromatic N) is 4. The number of hydrogen-bond donors (Lipinski definition) is 1. The van der Waals surface area contributed by atoms with Gasteiger partial charge in [-0.3, -0.25) is 4.90 Å². The van der Waals surface area contributed by atoms with Crippen LogP contribution in [-0.2, 0) is 19.4 Å². The average Bonchev–Trinajstić information content (AvgIpc) is 3.40. The molecule has 3 heterocycles. The quantitative estimate of drug-likeness (QED) is 0.418. The SMILES string of the molecule is N#CC1=Cc2c(ccc(CN3CCC(Nc4ncnc5sc(CC(F)(F)F)cc45)CC3)c2Br)C1. The van der Waals surface area contributed by atoms with Crippen molar-refractivity contribution >= 4 is 49.4 Å². The second kappa shape index (κ2) is 9.29. The lowest BCUT2D eigenvalue weighted by Gasteiger charge is -2.33. The molecule has 0 unspecified atom stereocenters. The zero-order valence-corrected chi connectivity index (χ0v) is 20.5. The minimum Gasteiger partial charge on any atom is -0.367 e. The summed E-state index contributed by atoms with van der Waals surface area (Å²) in [6.45, 7) is 2.62. The maximum atomic E-state index is 12.8. The molecule has 1 N–H and O–H groups in total. The fourth-order valence-electron chi connectivity index (χ4n) is 4.59. The Balaban J connectivity index is 1.22. The van der Waals surface area contributed by atoms with Gasteiger partial charge >= 0.3 is 6.18 Å². The molecule has 1 saturated heterocycles. The average molecular weight is 548 g/mol. The number of likely N-dealkylation sites (tertiary alicyclic amines) is 1. The normalized spacial score (nSPS) is 17.0. The first-order valence-corrected chi connectivity index (χ1v) is 12.6. The van der Waals surface area contributed by atoms with Gasteiger partial charge in [0, 0.05) is 47.0 Å². The smallest absolute Gasteiger partial charge is 0.367 e. The highest BCUT2D eigenvalue weighted by atomic mass is 79.9. The Morgan fingerprint density at radius 3 is 2.76 bits per heavy atom. The van der Waals surface area contributed by atoms with Gasteiger partial charge in [0.1, 0.15) is 17.0 Å². The molecule has 2 aromatic heterocycles. The van der Waals surface area contributed by atoms with Crippen LogP contribution >= 0.6 is 27.3 Å². The molecule has 176 valence electrons. The molecular formula is C24H21BrF3N5S. The van der Waals surface area contributed by atoms with E-state index in [9.17, 15) is 18.4 Å². The summed E-state index contributed by atoms with van der Waals surface area (Å²) in [5, 5.41) is 13.3. The molecule has 10 heteroatoms. The minimum atomic E-state index is -4.24. The third-order valence-electron chi connectivity index (χ3n) is 6.27. The summed E-state index contributed by atoms with van der Waals surface area (Å²) in [5.41, 5.74) is 4.28. The van der Waals surface area contributed by atoms with E-state index in [1.807, 2.05) is 6.08 Å². The molecule has 5 rings (SSSR count). The van der Waals surface area contributed by atoms with Crippen LogP contribution in [0.5, 0.6) is 0 Å². The summed E-state index contributed by atoms with van der Waals surface area (Å²) in [4.78, 5) is 11.7. The molecule has 0 saturated carbocycles. The van der Waals surface area contributed by atoms with Crippen molar-refractivity contribution in [2.75, 3.05) is 18.4 Å². The predicted octanol–water partition coefficient (Wildman–Crippen LogP) is 6.10. The molecule has 1 fully saturated rings. The first-order valence-electron chi connectivity index (χ1n) is 11.0. The van der Waals surface area contributed by atoms with E-state index in [0.717, 1.165) is 59.4 Å². The second-order valence-corrected chi connectivity index (χ2v) is 10.6. The fourth-order valence-corrected chi connectivity index (χ4v) is 6.24. The number of rotatable bonds is 5. The Labute approximate surface area is 207 Å². The van der Waals surface area contributed by atoms with Crippen LogP contribution in [0.15, 0.2) is 34.6 Å². The van der Waals surface area contributed by atoms with Crippen molar-refractivity contribution in [1.29, 1.82) is 5.26 Å².